The zero-order chi connectivity index (χ0) is 33.6. The molecular formula is C31H46O13. The quantitative estimate of drug-likeness (QED) is 0.151. The Bertz CT molecular complexity index is 1090. The van der Waals surface area contributed by atoms with Crippen LogP contribution in [0.1, 0.15) is 74.7 Å². The van der Waals surface area contributed by atoms with E-state index in [0.717, 1.165) is 31.9 Å². The molecule has 1 saturated heterocycles. The minimum absolute atomic E-state index is 0.00201. The van der Waals surface area contributed by atoms with Gasteiger partial charge >= 0.3 is 29.8 Å². The molecule has 13 heteroatoms. The van der Waals surface area contributed by atoms with Gasteiger partial charge in [0.05, 0.1) is 11.7 Å². The molecule has 13 nitrogen and oxygen atoms in total. The van der Waals surface area contributed by atoms with Crippen molar-refractivity contribution in [3.8, 4) is 0 Å². The summed E-state index contributed by atoms with van der Waals surface area (Å²) in [5, 5.41) is 10.8. The van der Waals surface area contributed by atoms with Gasteiger partial charge in [0.25, 0.3) is 0 Å². The number of aliphatic hydroxyl groups is 1. The number of rotatable bonds is 16. The summed E-state index contributed by atoms with van der Waals surface area (Å²) in [5.41, 5.74) is 0.366. The maximum absolute atomic E-state index is 12.2. The normalized spacial score (nSPS) is 24.2. The number of carbonyl (C=O) groups is 5. The van der Waals surface area contributed by atoms with Gasteiger partial charge in [-0.15, -0.1) is 6.58 Å². The van der Waals surface area contributed by atoms with Crippen LogP contribution in [0.2, 0.25) is 0 Å². The highest BCUT2D eigenvalue weighted by Gasteiger charge is 2.53. The lowest BCUT2D eigenvalue weighted by Crippen LogP contribution is -2.63. The number of hydrogen-bond acceptors (Lipinski definition) is 13. The Hall–Kier alpha value is -3.55. The van der Waals surface area contributed by atoms with Gasteiger partial charge in [0.15, 0.2) is 24.6 Å². The van der Waals surface area contributed by atoms with Crippen LogP contribution in [0, 0.1) is 0 Å². The molecule has 1 aliphatic heterocycles. The molecule has 1 N–H and O–H groups in total. The zero-order valence-electron chi connectivity index (χ0n) is 26.8. The van der Waals surface area contributed by atoms with E-state index in [-0.39, 0.29) is 19.0 Å². The fourth-order valence-electron chi connectivity index (χ4n) is 4.33. The first-order chi connectivity index (χ1) is 20.4. The summed E-state index contributed by atoms with van der Waals surface area (Å²) < 4.78 is 38.8. The van der Waals surface area contributed by atoms with Gasteiger partial charge in [0, 0.05) is 41.0 Å². The van der Waals surface area contributed by atoms with E-state index >= 15 is 0 Å². The summed E-state index contributed by atoms with van der Waals surface area (Å²) in [6, 6.07) is 0. The molecular weight excluding hydrogens is 580 g/mol. The average Bonchev–Trinajstić information content (AvgIpc) is 2.88. The SMILES string of the molecule is C=C[C@@](C)(O)C[C@@H](/C=C(\C)CC/C=C(\C)COC(C)=O)O[C@@H]1O[C@H](COC(C)=O)[C@@H](OC(C)=O)[C@H](OC(C)=O)[C@H]1OC(C)=O. The van der Waals surface area contributed by atoms with Gasteiger partial charge in [-0.25, -0.2) is 0 Å². The predicted octanol–water partition coefficient (Wildman–Crippen LogP) is 3.02. The van der Waals surface area contributed by atoms with Gasteiger partial charge in [0.2, 0.25) is 0 Å². The predicted molar refractivity (Wildman–Crippen MR) is 156 cm³/mol. The first-order valence-corrected chi connectivity index (χ1v) is 14.2. The van der Waals surface area contributed by atoms with Crippen molar-refractivity contribution in [3.05, 3.63) is 36.0 Å². The van der Waals surface area contributed by atoms with Crippen LogP contribution in [0.15, 0.2) is 36.0 Å². The molecule has 1 rings (SSSR count). The minimum Gasteiger partial charge on any atom is -0.463 e. The maximum Gasteiger partial charge on any atom is 0.303 e. The Kier molecular flexibility index (Phi) is 16.0. The van der Waals surface area contributed by atoms with Crippen molar-refractivity contribution >= 4 is 29.8 Å². The molecule has 0 aromatic rings. The Labute approximate surface area is 258 Å². The first kappa shape index (κ1) is 38.5. The van der Waals surface area contributed by atoms with E-state index in [0.29, 0.717) is 12.8 Å². The zero-order valence-corrected chi connectivity index (χ0v) is 26.8. The van der Waals surface area contributed by atoms with Crippen molar-refractivity contribution in [2.75, 3.05) is 13.2 Å². The molecule has 248 valence electrons. The Morgan fingerprint density at radius 3 is 1.89 bits per heavy atom. The summed E-state index contributed by atoms with van der Waals surface area (Å²) >= 11 is 0. The number of carbonyl (C=O) groups excluding carboxylic acids is 5. The van der Waals surface area contributed by atoms with Gasteiger partial charge in [0.1, 0.15) is 19.3 Å². The number of hydrogen-bond donors (Lipinski definition) is 1. The van der Waals surface area contributed by atoms with Crippen LogP contribution in [0.25, 0.3) is 0 Å². The summed E-state index contributed by atoms with van der Waals surface area (Å²) in [4.78, 5) is 58.9. The Morgan fingerprint density at radius 2 is 1.36 bits per heavy atom. The molecule has 0 bridgehead atoms. The van der Waals surface area contributed by atoms with E-state index < -0.39 is 72.9 Å². The van der Waals surface area contributed by atoms with Gasteiger partial charge in [-0.3, -0.25) is 24.0 Å². The third-order valence-electron chi connectivity index (χ3n) is 6.32. The van der Waals surface area contributed by atoms with E-state index in [4.69, 9.17) is 33.2 Å². The summed E-state index contributed by atoms with van der Waals surface area (Å²) in [7, 11) is 0. The van der Waals surface area contributed by atoms with Crippen molar-refractivity contribution in [1.82, 2.24) is 0 Å². The Balaban J connectivity index is 3.46. The van der Waals surface area contributed by atoms with Crippen LogP contribution < -0.4 is 0 Å². The summed E-state index contributed by atoms with van der Waals surface area (Å²) in [6.07, 6.45) is -1.31. The lowest BCUT2D eigenvalue weighted by atomic mass is 9.95. The monoisotopic (exact) mass is 626 g/mol. The molecule has 1 aliphatic rings. The van der Waals surface area contributed by atoms with Crippen molar-refractivity contribution in [3.63, 3.8) is 0 Å². The molecule has 0 unspecified atom stereocenters. The van der Waals surface area contributed by atoms with Crippen LogP contribution in [-0.4, -0.2) is 90.6 Å². The molecule has 0 radical (unpaired) electrons. The topological polar surface area (TPSA) is 170 Å². The van der Waals surface area contributed by atoms with Crippen LogP contribution in [0.5, 0.6) is 0 Å². The van der Waals surface area contributed by atoms with Crippen LogP contribution in [0.4, 0.5) is 0 Å². The molecule has 0 aromatic heterocycles. The van der Waals surface area contributed by atoms with Gasteiger partial charge < -0.3 is 38.3 Å². The highest BCUT2D eigenvalue weighted by molar-refractivity contribution is 5.69. The van der Waals surface area contributed by atoms with Crippen molar-refractivity contribution in [2.45, 2.75) is 117 Å². The van der Waals surface area contributed by atoms with Gasteiger partial charge in [-0.2, -0.15) is 0 Å². The van der Waals surface area contributed by atoms with E-state index in [1.54, 1.807) is 6.08 Å². The molecule has 0 amide bonds. The lowest BCUT2D eigenvalue weighted by molar-refractivity contribution is -0.315. The molecule has 1 heterocycles. The van der Waals surface area contributed by atoms with Crippen molar-refractivity contribution < 1.29 is 62.2 Å². The molecule has 0 aliphatic carbocycles. The largest absolute Gasteiger partial charge is 0.463 e. The fourth-order valence-corrected chi connectivity index (χ4v) is 4.33. The second-order valence-corrected chi connectivity index (χ2v) is 10.9. The highest BCUT2D eigenvalue weighted by Crippen LogP contribution is 2.32. The van der Waals surface area contributed by atoms with E-state index in [1.165, 1.54) is 26.8 Å². The third-order valence-corrected chi connectivity index (χ3v) is 6.32. The van der Waals surface area contributed by atoms with Crippen LogP contribution in [0.3, 0.4) is 0 Å². The molecule has 0 aromatic carbocycles. The number of allylic oxidation sites excluding steroid dienone is 2. The summed E-state index contributed by atoms with van der Waals surface area (Å²) in [5.74, 6) is -3.29. The second-order valence-electron chi connectivity index (χ2n) is 10.9. The van der Waals surface area contributed by atoms with Crippen LogP contribution in [-0.2, 0) is 57.1 Å². The van der Waals surface area contributed by atoms with E-state index in [1.807, 2.05) is 19.9 Å². The first-order valence-electron chi connectivity index (χ1n) is 14.2. The number of esters is 5. The van der Waals surface area contributed by atoms with Crippen LogP contribution >= 0.6 is 0 Å². The Morgan fingerprint density at radius 1 is 0.818 bits per heavy atom. The van der Waals surface area contributed by atoms with Gasteiger partial charge in [-0.05, 0) is 39.2 Å². The second kappa shape index (κ2) is 18.3. The molecule has 1 fully saturated rings. The lowest BCUT2D eigenvalue weighted by Gasteiger charge is -2.45. The summed E-state index contributed by atoms with van der Waals surface area (Å²) in [6.45, 7) is 14.6. The van der Waals surface area contributed by atoms with Crippen molar-refractivity contribution in [2.24, 2.45) is 0 Å². The van der Waals surface area contributed by atoms with E-state index in [9.17, 15) is 29.1 Å². The molecule has 0 spiro atoms. The standard InChI is InChI=1S/C31H46O13/c1-10-31(9,37)15-25(14-18(2)12-11-13-19(3)16-38-20(4)32)43-30-29(42-24(8)36)28(41-23(7)35)27(40-22(6)34)26(44-30)17-39-21(5)33/h10,13-14,25-30,37H,1,11-12,15-17H2,2-9H3/b18-14+,19-13+/t25-,26-,27-,28+,29-,30-,31-/m1/s1. The minimum atomic E-state index is -1.42. The van der Waals surface area contributed by atoms with Crippen molar-refractivity contribution in [1.29, 1.82) is 0 Å². The highest BCUT2D eigenvalue weighted by atomic mass is 16.7. The molecule has 7 atom stereocenters. The van der Waals surface area contributed by atoms with Gasteiger partial charge in [-0.1, -0.05) is 23.8 Å². The smallest absolute Gasteiger partial charge is 0.303 e. The third kappa shape index (κ3) is 14.8. The van der Waals surface area contributed by atoms with E-state index in [2.05, 4.69) is 6.58 Å². The fraction of sp³-hybridized carbons (Fsp3) is 0.645. The molecule has 44 heavy (non-hydrogen) atoms. The maximum atomic E-state index is 12.2. The average molecular weight is 627 g/mol. The molecule has 0 saturated carbocycles. The number of ether oxygens (including phenoxy) is 7.